The van der Waals surface area contributed by atoms with Crippen LogP contribution in [0.4, 0.5) is 5.69 Å². The molecule has 188 valence electrons. The van der Waals surface area contributed by atoms with E-state index in [1.807, 2.05) is 26.0 Å². The van der Waals surface area contributed by atoms with Crippen molar-refractivity contribution in [3.63, 3.8) is 0 Å². The zero-order chi connectivity index (χ0) is 25.4. The molecule has 1 fully saturated rings. The number of hydrogen-bond donors (Lipinski definition) is 2. The fourth-order valence-electron chi connectivity index (χ4n) is 5.46. The lowest BCUT2D eigenvalue weighted by Crippen LogP contribution is -2.29. The van der Waals surface area contributed by atoms with Crippen LogP contribution in [0.1, 0.15) is 59.1 Å². The Bertz CT molecular complexity index is 1300. The van der Waals surface area contributed by atoms with E-state index in [-0.39, 0.29) is 24.1 Å². The summed E-state index contributed by atoms with van der Waals surface area (Å²) >= 11 is 0. The highest BCUT2D eigenvalue weighted by atomic mass is 16.1. The molecular weight excluding hydrogens is 438 g/mol. The minimum Gasteiger partial charge on any atom is -0.371 e. The second-order valence-corrected chi connectivity index (χ2v) is 10.7. The maximum Gasteiger partial charge on any atom is 0.253 e. The predicted octanol–water partition coefficient (Wildman–Crippen LogP) is 4.15. The molecule has 1 saturated heterocycles. The first-order valence-corrected chi connectivity index (χ1v) is 12.6. The van der Waals surface area contributed by atoms with Crippen LogP contribution in [-0.2, 0) is 6.54 Å². The van der Waals surface area contributed by atoms with Gasteiger partial charge in [-0.3, -0.25) is 9.59 Å². The van der Waals surface area contributed by atoms with Crippen LogP contribution in [0.3, 0.4) is 0 Å². The van der Waals surface area contributed by atoms with Crippen molar-refractivity contribution in [3.8, 4) is 0 Å². The molecule has 0 bridgehead atoms. The third-order valence-electron chi connectivity index (χ3n) is 7.10. The van der Waals surface area contributed by atoms with E-state index >= 15 is 0 Å². The van der Waals surface area contributed by atoms with Gasteiger partial charge in [0.15, 0.2) is 0 Å². The van der Waals surface area contributed by atoms with E-state index in [1.54, 1.807) is 0 Å². The zero-order valence-electron chi connectivity index (χ0n) is 22.2. The lowest BCUT2D eigenvalue weighted by Gasteiger charge is -2.22. The first kappa shape index (κ1) is 25.0. The number of H-pyrrole nitrogens is 1. The number of rotatable bonds is 7. The number of amides is 1. The number of pyridine rings is 1. The quantitative estimate of drug-likeness (QED) is 0.536. The molecule has 1 aliphatic heterocycles. The number of carbonyl (C=O) groups excluding carboxylic acids is 1. The van der Waals surface area contributed by atoms with Crippen LogP contribution in [0.5, 0.6) is 0 Å². The number of nitrogens with zero attached hydrogens (tertiary/aromatic N) is 3. The van der Waals surface area contributed by atoms with Crippen molar-refractivity contribution < 1.29 is 4.79 Å². The Morgan fingerprint density at radius 3 is 2.57 bits per heavy atom. The molecule has 35 heavy (non-hydrogen) atoms. The van der Waals surface area contributed by atoms with Gasteiger partial charge in [-0.1, -0.05) is 0 Å². The van der Waals surface area contributed by atoms with Crippen LogP contribution in [0, 0.1) is 26.7 Å². The topological polar surface area (TPSA) is 73.4 Å². The predicted molar refractivity (Wildman–Crippen MR) is 144 cm³/mol. The normalized spacial score (nSPS) is 16.1. The molecule has 1 aromatic carbocycles. The molecule has 0 saturated carbocycles. The van der Waals surface area contributed by atoms with Gasteiger partial charge in [0.05, 0.1) is 11.1 Å². The third-order valence-corrected chi connectivity index (χ3v) is 7.10. The zero-order valence-corrected chi connectivity index (χ0v) is 22.2. The molecule has 3 aromatic rings. The summed E-state index contributed by atoms with van der Waals surface area (Å²) in [6.45, 7) is 13.4. The van der Waals surface area contributed by atoms with E-state index in [0.29, 0.717) is 17.0 Å². The Morgan fingerprint density at radius 2 is 1.91 bits per heavy atom. The molecule has 0 aliphatic carbocycles. The Kier molecular flexibility index (Phi) is 7.08. The van der Waals surface area contributed by atoms with Crippen LogP contribution in [0.25, 0.3) is 10.9 Å². The highest BCUT2D eigenvalue weighted by Gasteiger charge is 2.26. The minimum atomic E-state index is -0.148. The number of aryl methyl sites for hydroxylation is 3. The molecule has 3 heterocycles. The number of carbonyl (C=O) groups is 1. The van der Waals surface area contributed by atoms with E-state index in [1.165, 1.54) is 0 Å². The molecule has 7 heteroatoms. The Hall–Kier alpha value is -3.06. The molecule has 1 unspecified atom stereocenters. The van der Waals surface area contributed by atoms with Crippen molar-refractivity contribution in [1.82, 2.24) is 19.8 Å². The number of hydrogen-bond acceptors (Lipinski definition) is 4. The molecule has 0 spiro atoms. The van der Waals surface area contributed by atoms with E-state index in [2.05, 4.69) is 71.8 Å². The molecule has 0 radical (unpaired) electrons. The Morgan fingerprint density at radius 1 is 1.17 bits per heavy atom. The van der Waals surface area contributed by atoms with Gasteiger partial charge in [-0.15, -0.1) is 0 Å². The maximum atomic E-state index is 13.6. The van der Waals surface area contributed by atoms with Gasteiger partial charge in [-0.25, -0.2) is 0 Å². The largest absolute Gasteiger partial charge is 0.371 e. The minimum absolute atomic E-state index is 0.146. The van der Waals surface area contributed by atoms with Gasteiger partial charge in [0.2, 0.25) is 0 Å². The van der Waals surface area contributed by atoms with Crippen molar-refractivity contribution in [2.45, 2.75) is 53.6 Å². The summed E-state index contributed by atoms with van der Waals surface area (Å²) in [6.07, 6.45) is 3.29. The van der Waals surface area contributed by atoms with E-state index in [0.717, 1.165) is 59.5 Å². The number of aromatic amines is 1. The highest BCUT2D eigenvalue weighted by Crippen LogP contribution is 2.34. The van der Waals surface area contributed by atoms with Gasteiger partial charge in [0, 0.05) is 60.7 Å². The van der Waals surface area contributed by atoms with E-state index in [9.17, 15) is 9.59 Å². The van der Waals surface area contributed by atoms with Gasteiger partial charge in [0.25, 0.3) is 11.5 Å². The van der Waals surface area contributed by atoms with Gasteiger partial charge in [-0.2, -0.15) is 0 Å². The number of benzene rings is 1. The number of fused-ring (bicyclic) bond motifs is 1. The molecule has 2 N–H and O–H groups in total. The second kappa shape index (κ2) is 9.90. The molecule has 1 amide bonds. The van der Waals surface area contributed by atoms with Crippen LogP contribution >= 0.6 is 0 Å². The van der Waals surface area contributed by atoms with Crippen molar-refractivity contribution in [2.24, 2.45) is 5.92 Å². The summed E-state index contributed by atoms with van der Waals surface area (Å²) in [4.78, 5) is 33.5. The summed E-state index contributed by atoms with van der Waals surface area (Å²) in [6, 6.07) is 6.50. The first-order chi connectivity index (χ1) is 16.5. The molecule has 1 aliphatic rings. The fraction of sp³-hybridized carbons (Fsp3) is 0.500. The van der Waals surface area contributed by atoms with Gasteiger partial charge >= 0.3 is 0 Å². The molecule has 2 aromatic heterocycles. The molecule has 7 nitrogen and oxygen atoms in total. The third kappa shape index (κ3) is 5.15. The summed E-state index contributed by atoms with van der Waals surface area (Å²) in [5, 5.41) is 4.02. The van der Waals surface area contributed by atoms with Crippen LogP contribution < -0.4 is 15.8 Å². The van der Waals surface area contributed by atoms with Crippen molar-refractivity contribution >= 4 is 22.5 Å². The van der Waals surface area contributed by atoms with Crippen LogP contribution in [0.15, 0.2) is 29.2 Å². The Labute approximate surface area is 208 Å². The highest BCUT2D eigenvalue weighted by molar-refractivity contribution is 6.09. The number of aromatic nitrogens is 2. The average molecular weight is 478 g/mol. The van der Waals surface area contributed by atoms with E-state index in [4.69, 9.17) is 0 Å². The molecular formula is C28H39N5O2. The van der Waals surface area contributed by atoms with Crippen LogP contribution in [-0.4, -0.2) is 54.1 Å². The monoisotopic (exact) mass is 477 g/mol. The van der Waals surface area contributed by atoms with Gasteiger partial charge in [0.1, 0.15) is 0 Å². The number of anilines is 1. The SMILES string of the molecule is Cc1cc(C)c(CNC(=O)c2cc(N3CCC(CN(C)C)C3)cc3c2c(C)cn3C(C)C)c(=O)[nH]1. The lowest BCUT2D eigenvalue weighted by atomic mass is 10.0. The summed E-state index contributed by atoms with van der Waals surface area (Å²) in [5.74, 6) is 0.470. The van der Waals surface area contributed by atoms with Crippen molar-refractivity contribution in [1.29, 1.82) is 0 Å². The Balaban J connectivity index is 1.70. The second-order valence-electron chi connectivity index (χ2n) is 10.7. The average Bonchev–Trinajstić information content (AvgIpc) is 3.36. The number of nitrogens with one attached hydrogen (secondary N) is 2. The summed E-state index contributed by atoms with van der Waals surface area (Å²) < 4.78 is 2.26. The van der Waals surface area contributed by atoms with E-state index < -0.39 is 0 Å². The van der Waals surface area contributed by atoms with Gasteiger partial charge < -0.3 is 24.7 Å². The lowest BCUT2D eigenvalue weighted by molar-refractivity contribution is 0.0952. The molecule has 4 rings (SSSR count). The smallest absolute Gasteiger partial charge is 0.253 e. The molecule has 1 atom stereocenters. The maximum absolute atomic E-state index is 13.6. The first-order valence-electron chi connectivity index (χ1n) is 12.6. The summed E-state index contributed by atoms with van der Waals surface area (Å²) in [7, 11) is 4.24. The van der Waals surface area contributed by atoms with Gasteiger partial charge in [-0.05, 0) is 90.4 Å². The van der Waals surface area contributed by atoms with Crippen molar-refractivity contribution in [2.75, 3.05) is 38.6 Å². The fourth-order valence-corrected chi connectivity index (χ4v) is 5.46. The van der Waals surface area contributed by atoms with Crippen molar-refractivity contribution in [3.05, 3.63) is 62.7 Å². The van der Waals surface area contributed by atoms with Crippen LogP contribution in [0.2, 0.25) is 0 Å². The standard InChI is InChI=1S/C28H39N5O2/c1-17(2)33-14-19(4)26-23(27(34)29-13-24-18(3)10-20(5)30-28(24)35)11-22(12-25(26)33)32-9-8-21(16-32)15-31(6)7/h10-12,14,17,21H,8-9,13,15-16H2,1-7H3,(H,29,34)(H,30,35). The summed E-state index contributed by atoms with van der Waals surface area (Å²) in [5.41, 5.74) is 6.09.